The second-order valence-corrected chi connectivity index (χ2v) is 5.54. The molecule has 0 bridgehead atoms. The summed E-state index contributed by atoms with van der Waals surface area (Å²) < 4.78 is 5.31. The molecule has 0 saturated heterocycles. The van der Waals surface area contributed by atoms with E-state index in [0.717, 1.165) is 37.0 Å². The number of rotatable bonds is 5. The molecule has 1 heterocycles. The Labute approximate surface area is 103 Å². The van der Waals surface area contributed by atoms with Crippen LogP contribution in [0.1, 0.15) is 57.2 Å². The number of aryl methyl sites for hydroxylation is 1. The van der Waals surface area contributed by atoms with Crippen LogP contribution in [0.4, 0.5) is 0 Å². The van der Waals surface area contributed by atoms with Crippen LogP contribution >= 0.6 is 0 Å². The van der Waals surface area contributed by atoms with Gasteiger partial charge in [0.25, 0.3) is 0 Å². The van der Waals surface area contributed by atoms with Gasteiger partial charge in [0, 0.05) is 12.3 Å². The molecule has 1 saturated carbocycles. The van der Waals surface area contributed by atoms with E-state index in [1.165, 1.54) is 19.3 Å². The van der Waals surface area contributed by atoms with Gasteiger partial charge < -0.3 is 10.3 Å². The minimum absolute atomic E-state index is 0.523. The molecule has 2 N–H and O–H groups in total. The molecule has 0 aromatic carbocycles. The highest BCUT2D eigenvalue weighted by Gasteiger charge is 2.26. The minimum atomic E-state index is 0.523. The zero-order valence-electron chi connectivity index (χ0n) is 10.9. The molecule has 3 unspecified atom stereocenters. The topological polar surface area (TPSA) is 64.9 Å². The van der Waals surface area contributed by atoms with Crippen LogP contribution in [0.15, 0.2) is 4.52 Å². The molecule has 4 heteroatoms. The van der Waals surface area contributed by atoms with Gasteiger partial charge in [-0.3, -0.25) is 0 Å². The van der Waals surface area contributed by atoms with Crippen LogP contribution in [0, 0.1) is 11.8 Å². The number of aromatic nitrogens is 2. The predicted molar refractivity (Wildman–Crippen MR) is 66.6 cm³/mol. The highest BCUT2D eigenvalue weighted by molar-refractivity contribution is 4.99. The molecule has 1 aromatic rings. The van der Waals surface area contributed by atoms with Crippen molar-refractivity contribution in [3.05, 3.63) is 11.7 Å². The summed E-state index contributed by atoms with van der Waals surface area (Å²) in [5.41, 5.74) is 5.59. The number of nitrogens with two attached hydrogens (primary N) is 1. The maximum atomic E-state index is 5.59. The van der Waals surface area contributed by atoms with E-state index < -0.39 is 0 Å². The first-order chi connectivity index (χ1) is 8.19. The van der Waals surface area contributed by atoms with Crippen LogP contribution in [-0.4, -0.2) is 16.7 Å². The highest BCUT2D eigenvalue weighted by Crippen LogP contribution is 2.36. The standard InChI is InChI=1S/C13H23N3O/c1-9-3-5-11(7-9)13-15-12(17-16-13)6-4-10(2)8-14/h9-11H,3-8,14H2,1-2H3. The van der Waals surface area contributed by atoms with Gasteiger partial charge in [0.1, 0.15) is 0 Å². The normalized spacial score (nSPS) is 26.3. The van der Waals surface area contributed by atoms with Crippen LogP contribution < -0.4 is 5.73 Å². The average Bonchev–Trinajstić information content (AvgIpc) is 2.94. The van der Waals surface area contributed by atoms with Gasteiger partial charge in [-0.25, -0.2) is 0 Å². The summed E-state index contributed by atoms with van der Waals surface area (Å²) in [5, 5.41) is 4.12. The van der Waals surface area contributed by atoms with Gasteiger partial charge in [0.05, 0.1) is 0 Å². The lowest BCUT2D eigenvalue weighted by Gasteiger charge is -2.04. The van der Waals surface area contributed by atoms with Crippen molar-refractivity contribution in [2.75, 3.05) is 6.54 Å². The lowest BCUT2D eigenvalue weighted by atomic mass is 10.1. The van der Waals surface area contributed by atoms with E-state index in [1.54, 1.807) is 0 Å². The fraction of sp³-hybridized carbons (Fsp3) is 0.846. The third kappa shape index (κ3) is 3.28. The summed E-state index contributed by atoms with van der Waals surface area (Å²) >= 11 is 0. The quantitative estimate of drug-likeness (QED) is 0.854. The van der Waals surface area contributed by atoms with E-state index in [4.69, 9.17) is 10.3 Å². The van der Waals surface area contributed by atoms with Gasteiger partial charge in [-0.05, 0) is 44.1 Å². The van der Waals surface area contributed by atoms with Crippen molar-refractivity contribution >= 4 is 0 Å². The Balaban J connectivity index is 1.87. The fourth-order valence-corrected chi connectivity index (χ4v) is 2.46. The average molecular weight is 237 g/mol. The van der Waals surface area contributed by atoms with E-state index in [1.807, 2.05) is 0 Å². The summed E-state index contributed by atoms with van der Waals surface area (Å²) in [6.07, 6.45) is 5.59. The smallest absolute Gasteiger partial charge is 0.226 e. The van der Waals surface area contributed by atoms with E-state index in [2.05, 4.69) is 24.0 Å². The number of nitrogens with zero attached hydrogens (tertiary/aromatic N) is 2. The largest absolute Gasteiger partial charge is 0.339 e. The Morgan fingerprint density at radius 1 is 1.47 bits per heavy atom. The van der Waals surface area contributed by atoms with Gasteiger partial charge in [0.15, 0.2) is 5.82 Å². The van der Waals surface area contributed by atoms with Gasteiger partial charge in [-0.2, -0.15) is 4.98 Å². The molecule has 0 radical (unpaired) electrons. The van der Waals surface area contributed by atoms with E-state index in [0.29, 0.717) is 11.8 Å². The predicted octanol–water partition coefficient (Wildman–Crippen LogP) is 2.50. The third-order valence-electron chi connectivity index (χ3n) is 3.80. The molecule has 0 spiro atoms. The second-order valence-electron chi connectivity index (χ2n) is 5.54. The fourth-order valence-electron chi connectivity index (χ4n) is 2.46. The summed E-state index contributed by atoms with van der Waals surface area (Å²) in [7, 11) is 0. The molecule has 1 aliphatic rings. The Kier molecular flexibility index (Phi) is 4.15. The molecular weight excluding hydrogens is 214 g/mol. The summed E-state index contributed by atoms with van der Waals surface area (Å²) in [6, 6.07) is 0. The first-order valence-electron chi connectivity index (χ1n) is 6.71. The Morgan fingerprint density at radius 3 is 2.94 bits per heavy atom. The van der Waals surface area contributed by atoms with E-state index in [9.17, 15) is 0 Å². The molecule has 96 valence electrons. The molecule has 1 aromatic heterocycles. The molecule has 2 rings (SSSR count). The van der Waals surface area contributed by atoms with Gasteiger partial charge in [0.2, 0.25) is 5.89 Å². The number of hydrogen-bond acceptors (Lipinski definition) is 4. The highest BCUT2D eigenvalue weighted by atomic mass is 16.5. The molecule has 0 aliphatic heterocycles. The third-order valence-corrected chi connectivity index (χ3v) is 3.80. The zero-order valence-corrected chi connectivity index (χ0v) is 10.9. The van der Waals surface area contributed by atoms with Gasteiger partial charge in [-0.15, -0.1) is 0 Å². The monoisotopic (exact) mass is 237 g/mol. The van der Waals surface area contributed by atoms with E-state index in [-0.39, 0.29) is 0 Å². The molecule has 1 fully saturated rings. The van der Waals surface area contributed by atoms with Crippen molar-refractivity contribution in [3.8, 4) is 0 Å². The first-order valence-corrected chi connectivity index (χ1v) is 6.71. The summed E-state index contributed by atoms with van der Waals surface area (Å²) in [6.45, 7) is 5.17. The van der Waals surface area contributed by atoms with Crippen LogP contribution in [0.25, 0.3) is 0 Å². The van der Waals surface area contributed by atoms with Crippen molar-refractivity contribution < 1.29 is 4.52 Å². The van der Waals surface area contributed by atoms with Crippen LogP contribution in [0.3, 0.4) is 0 Å². The zero-order chi connectivity index (χ0) is 12.3. The SMILES string of the molecule is CC(CN)CCc1nc(C2CCC(C)C2)no1. The van der Waals surface area contributed by atoms with Crippen LogP contribution in [0.2, 0.25) is 0 Å². The van der Waals surface area contributed by atoms with Crippen LogP contribution in [0.5, 0.6) is 0 Å². The van der Waals surface area contributed by atoms with Crippen molar-refractivity contribution in [2.24, 2.45) is 17.6 Å². The van der Waals surface area contributed by atoms with Crippen molar-refractivity contribution in [2.45, 2.75) is 51.9 Å². The summed E-state index contributed by atoms with van der Waals surface area (Å²) in [5.74, 6) is 3.55. The molecule has 3 atom stereocenters. The van der Waals surface area contributed by atoms with Gasteiger partial charge in [-0.1, -0.05) is 19.0 Å². The molecule has 17 heavy (non-hydrogen) atoms. The van der Waals surface area contributed by atoms with Crippen molar-refractivity contribution in [1.29, 1.82) is 0 Å². The van der Waals surface area contributed by atoms with Crippen LogP contribution in [-0.2, 0) is 6.42 Å². The number of hydrogen-bond donors (Lipinski definition) is 1. The molecule has 1 aliphatic carbocycles. The molecule has 0 amide bonds. The van der Waals surface area contributed by atoms with E-state index >= 15 is 0 Å². The summed E-state index contributed by atoms with van der Waals surface area (Å²) in [4.78, 5) is 4.51. The maximum Gasteiger partial charge on any atom is 0.226 e. The molecular formula is C13H23N3O. The Hall–Kier alpha value is -0.900. The van der Waals surface area contributed by atoms with Gasteiger partial charge >= 0.3 is 0 Å². The molecule has 4 nitrogen and oxygen atoms in total. The lowest BCUT2D eigenvalue weighted by Crippen LogP contribution is -2.11. The maximum absolute atomic E-state index is 5.59. The Morgan fingerprint density at radius 2 is 2.29 bits per heavy atom. The lowest BCUT2D eigenvalue weighted by molar-refractivity contribution is 0.358. The minimum Gasteiger partial charge on any atom is -0.339 e. The second kappa shape index (κ2) is 5.63. The van der Waals surface area contributed by atoms with Crippen molar-refractivity contribution in [1.82, 2.24) is 10.1 Å². The first kappa shape index (κ1) is 12.6. The van der Waals surface area contributed by atoms with Crippen molar-refractivity contribution in [3.63, 3.8) is 0 Å². The Bertz CT molecular complexity index is 350.